The minimum atomic E-state index is 0.664. The molecular formula is C13H24N2S2. The number of hydrogen-bond acceptors (Lipinski definition) is 4. The number of hydrogen-bond donors (Lipinski definition) is 1. The number of rotatable bonds is 4. The van der Waals surface area contributed by atoms with Crippen LogP contribution < -0.4 is 5.32 Å². The standard InChI is InChI=1S/C13H24N2S2/c1-4-16-11-7-5-6-10(11)15-13-14-8-12(17-13)9(2)3/h9-12H,4-8H2,1-3H3,(H,14,15). The van der Waals surface area contributed by atoms with Crippen molar-refractivity contribution in [2.75, 3.05) is 12.3 Å². The molecule has 0 aromatic heterocycles. The highest BCUT2D eigenvalue weighted by molar-refractivity contribution is 8.14. The van der Waals surface area contributed by atoms with Crippen LogP contribution in [0.4, 0.5) is 0 Å². The molecule has 1 aliphatic carbocycles. The van der Waals surface area contributed by atoms with Crippen molar-refractivity contribution in [3.63, 3.8) is 0 Å². The maximum Gasteiger partial charge on any atom is 0.157 e. The van der Waals surface area contributed by atoms with Gasteiger partial charge in [-0.3, -0.25) is 4.99 Å². The summed E-state index contributed by atoms with van der Waals surface area (Å²) in [6.45, 7) is 7.85. The van der Waals surface area contributed by atoms with Crippen LogP contribution in [-0.2, 0) is 0 Å². The zero-order valence-corrected chi connectivity index (χ0v) is 12.7. The van der Waals surface area contributed by atoms with E-state index in [0.717, 1.165) is 17.7 Å². The summed E-state index contributed by atoms with van der Waals surface area (Å²) in [6, 6.07) is 0.664. The largest absolute Gasteiger partial charge is 0.361 e. The normalized spacial score (nSPS) is 33.2. The van der Waals surface area contributed by atoms with Gasteiger partial charge >= 0.3 is 0 Å². The van der Waals surface area contributed by atoms with E-state index in [2.05, 4.69) is 42.8 Å². The molecule has 0 bridgehead atoms. The van der Waals surface area contributed by atoms with Gasteiger partial charge in [0.2, 0.25) is 0 Å². The average Bonchev–Trinajstić information content (AvgIpc) is 2.90. The summed E-state index contributed by atoms with van der Waals surface area (Å²) in [5, 5.41) is 6.39. The van der Waals surface area contributed by atoms with Crippen molar-refractivity contribution in [1.29, 1.82) is 0 Å². The van der Waals surface area contributed by atoms with Crippen LogP contribution in [0.5, 0.6) is 0 Å². The van der Waals surface area contributed by atoms with Gasteiger partial charge in [-0.05, 0) is 24.5 Å². The topological polar surface area (TPSA) is 24.4 Å². The third-order valence-corrected chi connectivity index (χ3v) is 6.36. The Hall–Kier alpha value is 0.170. The summed E-state index contributed by atoms with van der Waals surface area (Å²) < 4.78 is 0. The maximum atomic E-state index is 4.66. The van der Waals surface area contributed by atoms with Crippen LogP contribution >= 0.6 is 23.5 Å². The monoisotopic (exact) mass is 272 g/mol. The predicted octanol–water partition coefficient (Wildman–Crippen LogP) is 3.38. The van der Waals surface area contributed by atoms with Gasteiger partial charge < -0.3 is 5.32 Å². The number of nitrogens with one attached hydrogen (secondary N) is 1. The first-order valence-electron chi connectivity index (χ1n) is 6.80. The summed E-state index contributed by atoms with van der Waals surface area (Å²) >= 11 is 4.07. The van der Waals surface area contributed by atoms with Crippen molar-refractivity contribution in [1.82, 2.24) is 5.32 Å². The number of amidine groups is 1. The zero-order valence-electron chi connectivity index (χ0n) is 11.1. The van der Waals surface area contributed by atoms with Crippen LogP contribution in [0.25, 0.3) is 0 Å². The van der Waals surface area contributed by atoms with E-state index in [1.807, 2.05) is 11.8 Å². The second kappa shape index (κ2) is 6.37. The molecule has 0 amide bonds. The fourth-order valence-corrected chi connectivity index (χ4v) is 4.76. The van der Waals surface area contributed by atoms with Crippen molar-refractivity contribution in [2.24, 2.45) is 10.9 Å². The third kappa shape index (κ3) is 3.57. The van der Waals surface area contributed by atoms with Crippen LogP contribution in [-0.4, -0.2) is 34.0 Å². The highest BCUT2D eigenvalue weighted by Gasteiger charge is 2.30. The van der Waals surface area contributed by atoms with Crippen LogP contribution in [0.2, 0.25) is 0 Å². The molecule has 1 heterocycles. The Morgan fingerprint density at radius 1 is 1.47 bits per heavy atom. The molecular weight excluding hydrogens is 248 g/mol. The summed E-state index contributed by atoms with van der Waals surface area (Å²) in [6.07, 6.45) is 4.08. The van der Waals surface area contributed by atoms with Gasteiger partial charge in [0.25, 0.3) is 0 Å². The van der Waals surface area contributed by atoms with Crippen LogP contribution in [0.15, 0.2) is 4.99 Å². The van der Waals surface area contributed by atoms with Gasteiger partial charge in [0.05, 0.1) is 6.54 Å². The fourth-order valence-electron chi connectivity index (χ4n) is 2.48. The first-order valence-corrected chi connectivity index (χ1v) is 8.72. The number of thioether (sulfide) groups is 2. The second-order valence-electron chi connectivity index (χ2n) is 5.22. The second-order valence-corrected chi connectivity index (χ2v) is 7.97. The van der Waals surface area contributed by atoms with Crippen molar-refractivity contribution in [2.45, 2.75) is 56.6 Å². The molecule has 0 saturated heterocycles. The molecule has 2 nitrogen and oxygen atoms in total. The lowest BCUT2D eigenvalue weighted by Crippen LogP contribution is -2.37. The lowest BCUT2D eigenvalue weighted by molar-refractivity contribution is 0.620. The molecule has 1 aliphatic heterocycles. The van der Waals surface area contributed by atoms with Gasteiger partial charge in [0.1, 0.15) is 0 Å². The SMILES string of the molecule is CCSC1CCCC1NC1=NCC(C(C)C)S1. The van der Waals surface area contributed by atoms with Crippen LogP contribution in [0.1, 0.15) is 40.0 Å². The van der Waals surface area contributed by atoms with Crippen LogP contribution in [0, 0.1) is 5.92 Å². The molecule has 0 aromatic carbocycles. The molecule has 0 aromatic rings. The van der Waals surface area contributed by atoms with Crippen molar-refractivity contribution in [3.8, 4) is 0 Å². The van der Waals surface area contributed by atoms with E-state index in [1.165, 1.54) is 30.2 Å². The van der Waals surface area contributed by atoms with Crippen molar-refractivity contribution >= 4 is 28.7 Å². The number of nitrogens with zero attached hydrogens (tertiary/aromatic N) is 1. The Labute approximate surface area is 114 Å². The summed E-state index contributed by atoms with van der Waals surface area (Å²) in [4.78, 5) is 4.66. The molecule has 2 aliphatic rings. The molecule has 3 unspecified atom stereocenters. The van der Waals surface area contributed by atoms with Gasteiger partial charge in [-0.25, -0.2) is 0 Å². The van der Waals surface area contributed by atoms with Crippen molar-refractivity contribution in [3.05, 3.63) is 0 Å². The Morgan fingerprint density at radius 2 is 2.29 bits per heavy atom. The summed E-state index contributed by atoms with van der Waals surface area (Å²) in [5.41, 5.74) is 0. The first-order chi connectivity index (χ1) is 8.20. The van der Waals surface area contributed by atoms with Gasteiger partial charge in [0, 0.05) is 16.5 Å². The molecule has 2 rings (SSSR count). The Balaban J connectivity index is 1.81. The first kappa shape index (κ1) is 13.6. The van der Waals surface area contributed by atoms with E-state index in [9.17, 15) is 0 Å². The molecule has 17 heavy (non-hydrogen) atoms. The molecule has 3 atom stereocenters. The van der Waals surface area contributed by atoms with Gasteiger partial charge in [-0.15, -0.1) is 0 Å². The zero-order chi connectivity index (χ0) is 12.3. The lowest BCUT2D eigenvalue weighted by atomic mass is 10.1. The lowest BCUT2D eigenvalue weighted by Gasteiger charge is -2.21. The van der Waals surface area contributed by atoms with E-state index < -0.39 is 0 Å². The number of aliphatic imine (C=N–C) groups is 1. The van der Waals surface area contributed by atoms with E-state index in [-0.39, 0.29) is 0 Å². The Bertz CT molecular complexity index is 279. The molecule has 1 N–H and O–H groups in total. The van der Waals surface area contributed by atoms with E-state index in [1.54, 1.807) is 0 Å². The Morgan fingerprint density at radius 3 is 2.94 bits per heavy atom. The average molecular weight is 272 g/mol. The maximum absolute atomic E-state index is 4.66. The Kier molecular flexibility index (Phi) is 5.10. The van der Waals surface area contributed by atoms with E-state index >= 15 is 0 Å². The smallest absolute Gasteiger partial charge is 0.157 e. The van der Waals surface area contributed by atoms with Crippen LogP contribution in [0.3, 0.4) is 0 Å². The van der Waals surface area contributed by atoms with Gasteiger partial charge in [0.15, 0.2) is 5.17 Å². The quantitative estimate of drug-likeness (QED) is 0.849. The summed E-state index contributed by atoms with van der Waals surface area (Å²) in [5.74, 6) is 1.96. The molecule has 0 spiro atoms. The van der Waals surface area contributed by atoms with Gasteiger partial charge in [-0.2, -0.15) is 11.8 Å². The molecule has 1 saturated carbocycles. The van der Waals surface area contributed by atoms with Crippen molar-refractivity contribution < 1.29 is 0 Å². The highest BCUT2D eigenvalue weighted by Crippen LogP contribution is 2.32. The van der Waals surface area contributed by atoms with E-state index in [4.69, 9.17) is 0 Å². The molecule has 1 fully saturated rings. The molecule has 98 valence electrons. The fraction of sp³-hybridized carbons (Fsp3) is 0.923. The minimum Gasteiger partial charge on any atom is -0.361 e. The minimum absolute atomic E-state index is 0.664. The molecule has 4 heteroatoms. The summed E-state index contributed by atoms with van der Waals surface area (Å²) in [7, 11) is 0. The highest BCUT2D eigenvalue weighted by atomic mass is 32.2. The van der Waals surface area contributed by atoms with Gasteiger partial charge in [-0.1, -0.05) is 39.0 Å². The third-order valence-electron chi connectivity index (χ3n) is 3.56. The predicted molar refractivity (Wildman–Crippen MR) is 81.2 cm³/mol. The molecule has 0 radical (unpaired) electrons. The van der Waals surface area contributed by atoms with E-state index in [0.29, 0.717) is 11.3 Å².